The maximum atomic E-state index is 13.7. The summed E-state index contributed by atoms with van der Waals surface area (Å²) in [6.07, 6.45) is 3.20. The summed E-state index contributed by atoms with van der Waals surface area (Å²) in [5.41, 5.74) is 0.514. The lowest BCUT2D eigenvalue weighted by Gasteiger charge is -2.10. The summed E-state index contributed by atoms with van der Waals surface area (Å²) in [6, 6.07) is 4.29. The van der Waals surface area contributed by atoms with E-state index in [1.54, 1.807) is 32.3 Å². The summed E-state index contributed by atoms with van der Waals surface area (Å²) < 4.78 is 28.8. The van der Waals surface area contributed by atoms with Crippen molar-refractivity contribution in [3.63, 3.8) is 0 Å². The van der Waals surface area contributed by atoms with Gasteiger partial charge in [0.05, 0.1) is 5.69 Å². The fraction of sp³-hybridized carbons (Fsp3) is 0.250. The van der Waals surface area contributed by atoms with E-state index >= 15 is 0 Å². The van der Waals surface area contributed by atoms with Crippen LogP contribution in [-0.2, 0) is 0 Å². The lowest BCUT2D eigenvalue weighted by molar-refractivity contribution is 0.539. The molecule has 0 spiro atoms. The molecule has 1 aromatic carbocycles. The quantitative estimate of drug-likeness (QED) is 0.762. The van der Waals surface area contributed by atoms with Crippen molar-refractivity contribution in [1.29, 1.82) is 0 Å². The molecular formula is C12H12F2N2. The van der Waals surface area contributed by atoms with E-state index in [0.29, 0.717) is 5.69 Å². The molecule has 0 radical (unpaired) electrons. The van der Waals surface area contributed by atoms with Gasteiger partial charge in [-0.15, -0.1) is 0 Å². The molecule has 0 aliphatic carbocycles. The Morgan fingerprint density at radius 2 is 1.81 bits per heavy atom. The summed E-state index contributed by atoms with van der Waals surface area (Å²) in [5.74, 6) is -1.23. The molecule has 16 heavy (non-hydrogen) atoms. The Morgan fingerprint density at radius 1 is 1.19 bits per heavy atom. The third-order valence-corrected chi connectivity index (χ3v) is 2.41. The Bertz CT molecular complexity index is 467. The van der Waals surface area contributed by atoms with E-state index in [1.807, 2.05) is 0 Å². The summed E-state index contributed by atoms with van der Waals surface area (Å²) in [7, 11) is 0. The van der Waals surface area contributed by atoms with Gasteiger partial charge in [-0.05, 0) is 12.0 Å². The third kappa shape index (κ3) is 1.83. The minimum Gasteiger partial charge on any atom is -0.241 e. The van der Waals surface area contributed by atoms with Gasteiger partial charge in [0.25, 0.3) is 0 Å². The number of nitrogens with zero attached hydrogens (tertiary/aromatic N) is 2. The first-order chi connectivity index (χ1) is 7.59. The van der Waals surface area contributed by atoms with Crippen LogP contribution in [0.2, 0.25) is 0 Å². The maximum Gasteiger partial charge on any atom is 0.131 e. The van der Waals surface area contributed by atoms with Crippen LogP contribution in [0, 0.1) is 11.6 Å². The highest BCUT2D eigenvalue weighted by molar-refractivity contribution is 5.37. The van der Waals surface area contributed by atoms with Gasteiger partial charge < -0.3 is 0 Å². The predicted octanol–water partition coefficient (Wildman–Crippen LogP) is 3.27. The average molecular weight is 222 g/mol. The van der Waals surface area contributed by atoms with E-state index in [2.05, 4.69) is 5.10 Å². The zero-order chi connectivity index (χ0) is 11.7. The normalized spacial score (nSPS) is 11.1. The van der Waals surface area contributed by atoms with Gasteiger partial charge in [-0.25, -0.2) is 13.5 Å². The van der Waals surface area contributed by atoms with E-state index in [4.69, 9.17) is 0 Å². The van der Waals surface area contributed by atoms with Crippen LogP contribution in [0.4, 0.5) is 8.78 Å². The molecule has 84 valence electrons. The molecule has 0 aliphatic rings. The highest BCUT2D eigenvalue weighted by atomic mass is 19.1. The molecule has 0 N–H and O–H groups in total. The van der Waals surface area contributed by atoms with Gasteiger partial charge in [-0.1, -0.05) is 13.8 Å². The molecule has 2 rings (SSSR count). The lowest BCUT2D eigenvalue weighted by Crippen LogP contribution is -2.02. The van der Waals surface area contributed by atoms with Crippen LogP contribution in [0.5, 0.6) is 0 Å². The largest absolute Gasteiger partial charge is 0.241 e. The second-order valence-electron chi connectivity index (χ2n) is 3.93. The van der Waals surface area contributed by atoms with Crippen molar-refractivity contribution in [3.8, 4) is 5.69 Å². The van der Waals surface area contributed by atoms with Crippen LogP contribution in [-0.4, -0.2) is 9.78 Å². The first-order valence-electron chi connectivity index (χ1n) is 5.08. The van der Waals surface area contributed by atoms with E-state index in [0.717, 1.165) is 0 Å². The highest BCUT2D eigenvalue weighted by Crippen LogP contribution is 2.24. The molecule has 2 nitrogen and oxygen atoms in total. The number of halogens is 2. The summed E-state index contributed by atoms with van der Waals surface area (Å²) in [6.45, 7) is 3.52. The fourth-order valence-electron chi connectivity index (χ4n) is 1.68. The molecule has 2 aromatic rings. The predicted molar refractivity (Wildman–Crippen MR) is 57.6 cm³/mol. The zero-order valence-corrected chi connectivity index (χ0v) is 9.11. The molecule has 1 heterocycles. The number of hydrogen-bond donors (Lipinski definition) is 0. The second kappa shape index (κ2) is 4.04. The number of aromatic nitrogens is 2. The van der Waals surface area contributed by atoms with E-state index in [-0.39, 0.29) is 11.5 Å². The molecule has 1 aromatic heterocycles. The van der Waals surface area contributed by atoms with Crippen molar-refractivity contribution in [1.82, 2.24) is 9.78 Å². The average Bonchev–Trinajstić information content (AvgIpc) is 2.67. The Morgan fingerprint density at radius 3 is 2.25 bits per heavy atom. The van der Waals surface area contributed by atoms with Gasteiger partial charge in [-0.2, -0.15) is 5.10 Å². The van der Waals surface area contributed by atoms with Crippen LogP contribution in [0.15, 0.2) is 30.6 Å². The SMILES string of the molecule is CC(C)c1c(F)cc(-n2cccn2)cc1F. The van der Waals surface area contributed by atoms with E-state index < -0.39 is 11.6 Å². The monoisotopic (exact) mass is 222 g/mol. The molecule has 0 unspecified atom stereocenters. The van der Waals surface area contributed by atoms with Crippen molar-refractivity contribution in [2.75, 3.05) is 0 Å². The van der Waals surface area contributed by atoms with Gasteiger partial charge in [0.15, 0.2) is 0 Å². The van der Waals surface area contributed by atoms with Crippen molar-refractivity contribution in [3.05, 3.63) is 47.8 Å². The molecular weight excluding hydrogens is 210 g/mol. The molecule has 0 fully saturated rings. The van der Waals surface area contributed by atoms with Crippen LogP contribution in [0.3, 0.4) is 0 Å². The molecule has 0 saturated heterocycles. The first-order valence-corrected chi connectivity index (χ1v) is 5.08. The van der Waals surface area contributed by atoms with Gasteiger partial charge in [-0.3, -0.25) is 0 Å². The van der Waals surface area contributed by atoms with Crippen molar-refractivity contribution in [2.45, 2.75) is 19.8 Å². The van der Waals surface area contributed by atoms with Crippen LogP contribution < -0.4 is 0 Å². The van der Waals surface area contributed by atoms with Crippen molar-refractivity contribution < 1.29 is 8.78 Å². The number of rotatable bonds is 2. The van der Waals surface area contributed by atoms with E-state index in [1.165, 1.54) is 16.8 Å². The highest BCUT2D eigenvalue weighted by Gasteiger charge is 2.14. The molecule has 0 bridgehead atoms. The standard InChI is InChI=1S/C12H12F2N2/c1-8(2)12-10(13)6-9(7-11(12)14)16-5-3-4-15-16/h3-8H,1-2H3. The number of hydrogen-bond acceptors (Lipinski definition) is 1. The molecule has 0 aliphatic heterocycles. The first kappa shape index (κ1) is 10.8. The van der Waals surface area contributed by atoms with Crippen LogP contribution in [0.25, 0.3) is 5.69 Å². The Balaban J connectivity index is 2.53. The minimum absolute atomic E-state index is 0.121. The van der Waals surface area contributed by atoms with Crippen LogP contribution in [0.1, 0.15) is 25.3 Å². The van der Waals surface area contributed by atoms with E-state index in [9.17, 15) is 8.78 Å². The minimum atomic E-state index is -0.527. The molecule has 4 heteroatoms. The van der Waals surface area contributed by atoms with Crippen molar-refractivity contribution in [2.24, 2.45) is 0 Å². The zero-order valence-electron chi connectivity index (χ0n) is 9.11. The Kier molecular flexibility index (Phi) is 2.73. The van der Waals surface area contributed by atoms with Gasteiger partial charge >= 0.3 is 0 Å². The van der Waals surface area contributed by atoms with Crippen LogP contribution >= 0.6 is 0 Å². The molecule has 0 atom stereocenters. The van der Waals surface area contributed by atoms with Crippen molar-refractivity contribution >= 4 is 0 Å². The number of benzene rings is 1. The summed E-state index contributed by atoms with van der Waals surface area (Å²) in [4.78, 5) is 0. The van der Waals surface area contributed by atoms with Gasteiger partial charge in [0, 0.05) is 30.1 Å². The maximum absolute atomic E-state index is 13.7. The topological polar surface area (TPSA) is 17.8 Å². The molecule has 0 saturated carbocycles. The van der Waals surface area contributed by atoms with Gasteiger partial charge in [0.1, 0.15) is 11.6 Å². The summed E-state index contributed by atoms with van der Waals surface area (Å²) >= 11 is 0. The lowest BCUT2D eigenvalue weighted by atomic mass is 10.0. The summed E-state index contributed by atoms with van der Waals surface area (Å²) in [5, 5.41) is 3.93. The smallest absolute Gasteiger partial charge is 0.131 e. The Labute approximate surface area is 92.5 Å². The second-order valence-corrected chi connectivity index (χ2v) is 3.93. The Hall–Kier alpha value is -1.71. The molecule has 0 amide bonds. The van der Waals surface area contributed by atoms with Gasteiger partial charge in [0.2, 0.25) is 0 Å². The fourth-order valence-corrected chi connectivity index (χ4v) is 1.68. The third-order valence-electron chi connectivity index (χ3n) is 2.41.